The van der Waals surface area contributed by atoms with Crippen LogP contribution in [0, 0.1) is 13.8 Å². The number of hydrogen-bond donors (Lipinski definition) is 1. The summed E-state index contributed by atoms with van der Waals surface area (Å²) in [6.45, 7) is 4.37. The molecule has 0 aromatic heterocycles. The van der Waals surface area contributed by atoms with Gasteiger partial charge in [-0.3, -0.25) is 0 Å². The molecule has 0 unspecified atom stereocenters. The number of aromatic carboxylic acids is 1. The molecule has 0 amide bonds. The molecule has 1 N–H and O–H groups in total. The number of carboxylic acids is 1. The van der Waals surface area contributed by atoms with Crippen LogP contribution in [0.15, 0.2) is 42.5 Å². The summed E-state index contributed by atoms with van der Waals surface area (Å²) >= 11 is 0. The van der Waals surface area contributed by atoms with E-state index in [1.54, 1.807) is 18.2 Å². The monoisotopic (exact) mass is 256 g/mol. The maximum atomic E-state index is 10.9. The van der Waals surface area contributed by atoms with Gasteiger partial charge in [-0.05, 0) is 37.1 Å². The quantitative estimate of drug-likeness (QED) is 0.909. The Bertz CT molecular complexity index is 585. The Balaban J connectivity index is 2.12. The smallest absolute Gasteiger partial charge is 0.335 e. The first-order chi connectivity index (χ1) is 9.06. The molecule has 0 heterocycles. The molecule has 0 saturated carbocycles. The highest BCUT2D eigenvalue weighted by molar-refractivity contribution is 5.88. The SMILES string of the molecule is Cc1ccc(COc2cc(C(=O)O)ccc2C)cc1. The first kappa shape index (κ1) is 13.1. The second-order valence-electron chi connectivity index (χ2n) is 4.56. The fourth-order valence-electron chi connectivity index (χ4n) is 1.73. The standard InChI is InChI=1S/C16H16O3/c1-11-3-6-13(7-4-11)10-19-15-9-14(16(17)18)8-5-12(15)2/h3-9H,10H2,1-2H3,(H,17,18). The highest BCUT2D eigenvalue weighted by Crippen LogP contribution is 2.21. The molecule has 2 aromatic rings. The Labute approximate surface area is 112 Å². The van der Waals surface area contributed by atoms with E-state index in [0.29, 0.717) is 12.4 Å². The van der Waals surface area contributed by atoms with E-state index in [9.17, 15) is 4.79 Å². The van der Waals surface area contributed by atoms with Crippen LogP contribution in [-0.2, 0) is 6.61 Å². The average molecular weight is 256 g/mol. The van der Waals surface area contributed by atoms with Crippen molar-refractivity contribution >= 4 is 5.97 Å². The topological polar surface area (TPSA) is 46.5 Å². The summed E-state index contributed by atoms with van der Waals surface area (Å²) in [5, 5.41) is 8.96. The first-order valence-electron chi connectivity index (χ1n) is 6.08. The lowest BCUT2D eigenvalue weighted by Gasteiger charge is -2.10. The van der Waals surface area contributed by atoms with Crippen molar-refractivity contribution in [2.24, 2.45) is 0 Å². The van der Waals surface area contributed by atoms with Crippen LogP contribution in [-0.4, -0.2) is 11.1 Å². The summed E-state index contributed by atoms with van der Waals surface area (Å²) in [5.41, 5.74) is 3.43. The zero-order chi connectivity index (χ0) is 13.8. The van der Waals surface area contributed by atoms with Gasteiger partial charge in [-0.15, -0.1) is 0 Å². The van der Waals surface area contributed by atoms with E-state index in [2.05, 4.69) is 0 Å². The van der Waals surface area contributed by atoms with Gasteiger partial charge >= 0.3 is 5.97 Å². The van der Waals surface area contributed by atoms with Gasteiger partial charge in [-0.25, -0.2) is 4.79 Å². The molecular weight excluding hydrogens is 240 g/mol. The molecular formula is C16H16O3. The number of hydrogen-bond acceptors (Lipinski definition) is 2. The van der Waals surface area contributed by atoms with Crippen molar-refractivity contribution in [3.8, 4) is 5.75 Å². The van der Waals surface area contributed by atoms with E-state index in [1.807, 2.05) is 38.1 Å². The number of aryl methyl sites for hydroxylation is 2. The van der Waals surface area contributed by atoms with Gasteiger partial charge in [0.05, 0.1) is 5.56 Å². The second-order valence-corrected chi connectivity index (χ2v) is 4.56. The predicted molar refractivity (Wildman–Crippen MR) is 73.6 cm³/mol. The molecule has 0 aliphatic carbocycles. The molecule has 19 heavy (non-hydrogen) atoms. The van der Waals surface area contributed by atoms with E-state index in [4.69, 9.17) is 9.84 Å². The van der Waals surface area contributed by atoms with Crippen molar-refractivity contribution in [3.05, 3.63) is 64.7 Å². The maximum absolute atomic E-state index is 10.9. The Morgan fingerprint density at radius 3 is 2.42 bits per heavy atom. The van der Waals surface area contributed by atoms with Gasteiger partial charge in [0.2, 0.25) is 0 Å². The van der Waals surface area contributed by atoms with Gasteiger partial charge in [0.25, 0.3) is 0 Å². The summed E-state index contributed by atoms with van der Waals surface area (Å²) < 4.78 is 5.69. The zero-order valence-corrected chi connectivity index (χ0v) is 11.0. The van der Waals surface area contributed by atoms with E-state index in [1.165, 1.54) is 5.56 Å². The van der Waals surface area contributed by atoms with Gasteiger partial charge in [-0.1, -0.05) is 35.9 Å². The van der Waals surface area contributed by atoms with Crippen LogP contribution in [0.3, 0.4) is 0 Å². The molecule has 0 fully saturated rings. The van der Waals surface area contributed by atoms with Crippen LogP contribution in [0.2, 0.25) is 0 Å². The van der Waals surface area contributed by atoms with E-state index in [0.717, 1.165) is 11.1 Å². The van der Waals surface area contributed by atoms with Crippen molar-refractivity contribution in [3.63, 3.8) is 0 Å². The number of ether oxygens (including phenoxy) is 1. The summed E-state index contributed by atoms with van der Waals surface area (Å²) in [6.07, 6.45) is 0. The van der Waals surface area contributed by atoms with Gasteiger partial charge in [0, 0.05) is 0 Å². The van der Waals surface area contributed by atoms with Crippen LogP contribution in [0.25, 0.3) is 0 Å². The molecule has 0 bridgehead atoms. The molecule has 0 atom stereocenters. The Kier molecular flexibility index (Phi) is 3.85. The second kappa shape index (κ2) is 5.57. The van der Waals surface area contributed by atoms with E-state index in [-0.39, 0.29) is 5.56 Å². The predicted octanol–water partition coefficient (Wildman–Crippen LogP) is 3.58. The summed E-state index contributed by atoms with van der Waals surface area (Å²) in [7, 11) is 0. The molecule has 2 rings (SSSR count). The van der Waals surface area contributed by atoms with Gasteiger partial charge in [0.15, 0.2) is 0 Å². The molecule has 3 nitrogen and oxygen atoms in total. The average Bonchev–Trinajstić information content (AvgIpc) is 2.39. The Hall–Kier alpha value is -2.29. The molecule has 0 saturated heterocycles. The lowest BCUT2D eigenvalue weighted by molar-refractivity contribution is 0.0696. The minimum absolute atomic E-state index is 0.240. The molecule has 0 spiro atoms. The molecule has 0 radical (unpaired) electrons. The van der Waals surface area contributed by atoms with Gasteiger partial charge in [0.1, 0.15) is 12.4 Å². The summed E-state index contributed by atoms with van der Waals surface area (Å²) in [4.78, 5) is 10.9. The minimum atomic E-state index is -0.944. The molecule has 0 aliphatic rings. The highest BCUT2D eigenvalue weighted by atomic mass is 16.5. The number of carbonyl (C=O) groups is 1. The van der Waals surface area contributed by atoms with Crippen LogP contribution in [0.1, 0.15) is 27.0 Å². The third-order valence-corrected chi connectivity index (χ3v) is 2.95. The third-order valence-electron chi connectivity index (χ3n) is 2.95. The molecule has 98 valence electrons. The lowest BCUT2D eigenvalue weighted by Crippen LogP contribution is -2.01. The Morgan fingerprint density at radius 1 is 1.11 bits per heavy atom. The van der Waals surface area contributed by atoms with Crippen LogP contribution >= 0.6 is 0 Å². The first-order valence-corrected chi connectivity index (χ1v) is 6.08. The third kappa shape index (κ3) is 3.35. The fraction of sp³-hybridized carbons (Fsp3) is 0.188. The van der Waals surface area contributed by atoms with Gasteiger partial charge in [-0.2, -0.15) is 0 Å². The minimum Gasteiger partial charge on any atom is -0.489 e. The number of carboxylic acid groups (broad SMARTS) is 1. The van der Waals surface area contributed by atoms with E-state index >= 15 is 0 Å². The largest absolute Gasteiger partial charge is 0.489 e. The molecule has 2 aromatic carbocycles. The van der Waals surface area contributed by atoms with E-state index < -0.39 is 5.97 Å². The van der Waals surface area contributed by atoms with Crippen LogP contribution in [0.5, 0.6) is 5.75 Å². The molecule has 0 aliphatic heterocycles. The van der Waals surface area contributed by atoms with Crippen molar-refractivity contribution in [1.29, 1.82) is 0 Å². The van der Waals surface area contributed by atoms with Crippen molar-refractivity contribution < 1.29 is 14.6 Å². The van der Waals surface area contributed by atoms with Crippen molar-refractivity contribution in [2.75, 3.05) is 0 Å². The lowest BCUT2D eigenvalue weighted by atomic mass is 10.1. The highest BCUT2D eigenvalue weighted by Gasteiger charge is 2.07. The van der Waals surface area contributed by atoms with Crippen LogP contribution in [0.4, 0.5) is 0 Å². The zero-order valence-electron chi connectivity index (χ0n) is 11.0. The Morgan fingerprint density at radius 2 is 1.79 bits per heavy atom. The molecule has 3 heteroatoms. The van der Waals surface area contributed by atoms with Crippen LogP contribution < -0.4 is 4.74 Å². The van der Waals surface area contributed by atoms with Gasteiger partial charge < -0.3 is 9.84 Å². The summed E-state index contributed by atoms with van der Waals surface area (Å²) in [6, 6.07) is 13.0. The van der Waals surface area contributed by atoms with Crippen molar-refractivity contribution in [1.82, 2.24) is 0 Å². The van der Waals surface area contributed by atoms with Crippen molar-refractivity contribution in [2.45, 2.75) is 20.5 Å². The summed E-state index contributed by atoms with van der Waals surface area (Å²) in [5.74, 6) is -0.333. The maximum Gasteiger partial charge on any atom is 0.335 e. The number of rotatable bonds is 4. The number of benzene rings is 2. The normalized spacial score (nSPS) is 10.2. The fourth-order valence-corrected chi connectivity index (χ4v) is 1.73.